The number of rotatable bonds is 12. The maximum absolute atomic E-state index is 13.8. The van der Waals surface area contributed by atoms with E-state index in [-0.39, 0.29) is 18.2 Å². The van der Waals surface area contributed by atoms with Crippen LogP contribution in [0.2, 0.25) is 0 Å². The molecule has 38 heavy (non-hydrogen) atoms. The Hall–Kier alpha value is -4.44. The smallest absolute Gasteiger partial charge is 0.262 e. The van der Waals surface area contributed by atoms with E-state index in [2.05, 4.69) is 13.5 Å². The number of hydrogen-bond donors (Lipinski definition) is 0. The SMILES string of the molecule is C=C/C=C(\C=C/C)N(C(=O)C/C=C\C(=C/C)C(=O)N(C(/C=C\CC)=C/C)c1ccccc1)c1ccccc1. The summed E-state index contributed by atoms with van der Waals surface area (Å²) in [4.78, 5) is 30.5. The highest BCUT2D eigenvalue weighted by atomic mass is 16.2. The van der Waals surface area contributed by atoms with Gasteiger partial charge in [0.1, 0.15) is 0 Å². The normalized spacial score (nSPS) is 12.9. The maximum atomic E-state index is 13.8. The fourth-order valence-electron chi connectivity index (χ4n) is 3.81. The van der Waals surface area contributed by atoms with E-state index in [0.717, 1.165) is 23.5 Å². The molecule has 0 aliphatic rings. The van der Waals surface area contributed by atoms with Crippen molar-refractivity contribution in [3.05, 3.63) is 145 Å². The number of para-hydroxylation sites is 2. The minimum absolute atomic E-state index is 0.114. The topological polar surface area (TPSA) is 40.6 Å². The summed E-state index contributed by atoms with van der Waals surface area (Å²) in [6.45, 7) is 11.5. The molecule has 0 bridgehead atoms. The molecular formula is C34H38N2O2. The summed E-state index contributed by atoms with van der Waals surface area (Å²) in [5, 5.41) is 0. The highest BCUT2D eigenvalue weighted by molar-refractivity contribution is 6.10. The van der Waals surface area contributed by atoms with Crippen LogP contribution in [0.5, 0.6) is 0 Å². The lowest BCUT2D eigenvalue weighted by molar-refractivity contribution is -0.117. The Labute approximate surface area is 228 Å². The molecule has 4 nitrogen and oxygen atoms in total. The second-order valence-electron chi connectivity index (χ2n) is 8.24. The molecule has 4 heteroatoms. The molecule has 0 N–H and O–H groups in total. The number of benzene rings is 2. The number of nitrogens with zero attached hydrogens (tertiary/aromatic N) is 2. The van der Waals surface area contributed by atoms with E-state index < -0.39 is 0 Å². The van der Waals surface area contributed by atoms with Crippen LogP contribution in [0.3, 0.4) is 0 Å². The zero-order chi connectivity index (χ0) is 27.8. The molecule has 0 aliphatic heterocycles. The van der Waals surface area contributed by atoms with Crippen LogP contribution >= 0.6 is 0 Å². The number of amides is 2. The van der Waals surface area contributed by atoms with Gasteiger partial charge in [-0.05, 0) is 69.7 Å². The van der Waals surface area contributed by atoms with E-state index in [1.807, 2.05) is 112 Å². The molecule has 2 aromatic carbocycles. The largest absolute Gasteiger partial charge is 0.281 e. The molecule has 0 aromatic heterocycles. The summed E-state index contributed by atoms with van der Waals surface area (Å²) in [5.74, 6) is -0.293. The van der Waals surface area contributed by atoms with Crippen LogP contribution in [-0.4, -0.2) is 11.8 Å². The highest BCUT2D eigenvalue weighted by Crippen LogP contribution is 2.24. The van der Waals surface area contributed by atoms with Gasteiger partial charge in [0.2, 0.25) is 5.91 Å². The highest BCUT2D eigenvalue weighted by Gasteiger charge is 2.21. The molecular weight excluding hydrogens is 468 g/mol. The third-order valence-electron chi connectivity index (χ3n) is 5.59. The van der Waals surface area contributed by atoms with Gasteiger partial charge in [0.25, 0.3) is 5.91 Å². The molecule has 0 heterocycles. The summed E-state index contributed by atoms with van der Waals surface area (Å²) in [6, 6.07) is 19.1. The van der Waals surface area contributed by atoms with E-state index in [0.29, 0.717) is 11.3 Å². The van der Waals surface area contributed by atoms with Gasteiger partial charge < -0.3 is 0 Å². The summed E-state index contributed by atoms with van der Waals surface area (Å²) in [7, 11) is 0. The number of anilines is 2. The third kappa shape index (κ3) is 8.31. The minimum Gasteiger partial charge on any atom is -0.281 e. The molecule has 0 saturated carbocycles. The Morgan fingerprint density at radius 1 is 0.763 bits per heavy atom. The van der Waals surface area contributed by atoms with E-state index >= 15 is 0 Å². The van der Waals surface area contributed by atoms with Gasteiger partial charge >= 0.3 is 0 Å². The van der Waals surface area contributed by atoms with Crippen molar-refractivity contribution < 1.29 is 9.59 Å². The maximum Gasteiger partial charge on any atom is 0.262 e. The molecule has 2 amide bonds. The monoisotopic (exact) mass is 506 g/mol. The zero-order valence-electron chi connectivity index (χ0n) is 22.9. The lowest BCUT2D eigenvalue weighted by Gasteiger charge is -2.25. The van der Waals surface area contributed by atoms with Gasteiger partial charge in [-0.15, -0.1) is 0 Å². The van der Waals surface area contributed by atoms with Gasteiger partial charge in [0.15, 0.2) is 0 Å². The first kappa shape index (κ1) is 29.8. The zero-order valence-corrected chi connectivity index (χ0v) is 22.9. The predicted molar refractivity (Wildman–Crippen MR) is 162 cm³/mol. The van der Waals surface area contributed by atoms with Crippen molar-refractivity contribution in [2.45, 2.75) is 40.5 Å². The van der Waals surface area contributed by atoms with Crippen molar-refractivity contribution >= 4 is 23.2 Å². The standard InChI is InChI=1S/C34H38N2O2/c1-6-11-22-29(10-5)36(32-25-16-13-17-26-32)34(38)28(9-4)21-18-27-33(37)35(30(19-7-2)20-8-3)31-23-14-12-15-24-31/h7-26H,2,6,27H2,1,3-5H3/b20-8-,21-18-,22-11-,28-9+,29-10+,30-19+. The summed E-state index contributed by atoms with van der Waals surface area (Å²) in [6.07, 6.45) is 19.3. The van der Waals surface area contributed by atoms with Gasteiger partial charge in [-0.2, -0.15) is 0 Å². The molecule has 0 fully saturated rings. The Bertz CT molecular complexity index is 1250. The van der Waals surface area contributed by atoms with Gasteiger partial charge in [-0.3, -0.25) is 19.4 Å². The van der Waals surface area contributed by atoms with Crippen molar-refractivity contribution in [1.29, 1.82) is 0 Å². The molecule has 0 aliphatic carbocycles. The lowest BCUT2D eigenvalue weighted by Crippen LogP contribution is -2.30. The first-order valence-corrected chi connectivity index (χ1v) is 12.9. The minimum atomic E-state index is -0.169. The molecule has 2 rings (SSSR count). The number of hydrogen-bond acceptors (Lipinski definition) is 2. The number of carbonyl (C=O) groups excluding carboxylic acids is 2. The first-order chi connectivity index (χ1) is 18.5. The van der Waals surface area contributed by atoms with Crippen LogP contribution in [-0.2, 0) is 9.59 Å². The van der Waals surface area contributed by atoms with Crippen LogP contribution in [0, 0.1) is 0 Å². The van der Waals surface area contributed by atoms with E-state index in [1.54, 1.807) is 40.2 Å². The molecule has 0 saturated heterocycles. The van der Waals surface area contributed by atoms with Gasteiger partial charge in [0, 0.05) is 34.8 Å². The molecule has 0 unspecified atom stereocenters. The first-order valence-electron chi connectivity index (χ1n) is 12.9. The van der Waals surface area contributed by atoms with E-state index in [4.69, 9.17) is 0 Å². The predicted octanol–water partition coefficient (Wildman–Crippen LogP) is 8.46. The Balaban J connectivity index is 2.36. The van der Waals surface area contributed by atoms with Crippen molar-refractivity contribution in [3.63, 3.8) is 0 Å². The van der Waals surface area contributed by atoms with E-state index in [1.165, 1.54) is 0 Å². The number of carbonyl (C=O) groups is 2. The van der Waals surface area contributed by atoms with Gasteiger partial charge in [0.05, 0.1) is 0 Å². The molecule has 2 aromatic rings. The lowest BCUT2D eigenvalue weighted by atomic mass is 10.1. The molecule has 0 spiro atoms. The third-order valence-corrected chi connectivity index (χ3v) is 5.59. The molecule has 196 valence electrons. The summed E-state index contributed by atoms with van der Waals surface area (Å²) >= 11 is 0. The van der Waals surface area contributed by atoms with Crippen LogP contribution in [0.4, 0.5) is 11.4 Å². The second kappa shape index (κ2) is 16.3. The second-order valence-corrected chi connectivity index (χ2v) is 8.24. The van der Waals surface area contributed by atoms with Crippen LogP contribution in [0.25, 0.3) is 0 Å². The van der Waals surface area contributed by atoms with Crippen molar-refractivity contribution in [2.75, 3.05) is 9.80 Å². The quantitative estimate of drug-likeness (QED) is 0.214. The Kier molecular flexibility index (Phi) is 12.8. The molecule has 0 atom stereocenters. The van der Waals surface area contributed by atoms with Crippen molar-refractivity contribution in [1.82, 2.24) is 0 Å². The van der Waals surface area contributed by atoms with Crippen molar-refractivity contribution in [2.24, 2.45) is 0 Å². The number of allylic oxidation sites excluding steroid dienone is 8. The Morgan fingerprint density at radius 3 is 1.87 bits per heavy atom. The van der Waals surface area contributed by atoms with Crippen molar-refractivity contribution in [3.8, 4) is 0 Å². The van der Waals surface area contributed by atoms with Crippen LogP contribution in [0.1, 0.15) is 40.5 Å². The van der Waals surface area contributed by atoms with Crippen LogP contribution < -0.4 is 9.80 Å². The van der Waals surface area contributed by atoms with E-state index in [9.17, 15) is 9.59 Å². The molecule has 0 radical (unpaired) electrons. The van der Waals surface area contributed by atoms with Crippen LogP contribution in [0.15, 0.2) is 145 Å². The van der Waals surface area contributed by atoms with Gasteiger partial charge in [-0.1, -0.05) is 92.4 Å². The fraction of sp³-hybridized carbons (Fsp3) is 0.176. The fourth-order valence-corrected chi connectivity index (χ4v) is 3.81. The summed E-state index contributed by atoms with van der Waals surface area (Å²) < 4.78 is 0. The summed E-state index contributed by atoms with van der Waals surface area (Å²) in [5.41, 5.74) is 3.52. The van der Waals surface area contributed by atoms with Gasteiger partial charge in [-0.25, -0.2) is 0 Å². The Morgan fingerprint density at radius 2 is 1.37 bits per heavy atom. The average Bonchev–Trinajstić information content (AvgIpc) is 2.94. The average molecular weight is 507 g/mol.